The topological polar surface area (TPSA) is 32.3 Å². The number of carbonyl (C=O) groups excluding carboxylic acids is 1. The molecule has 2 aliphatic rings. The SMILES string of the molecule is CC1(C)CNCCC(=O)N1C1CCCCCC1. The van der Waals surface area contributed by atoms with Gasteiger partial charge in [-0.15, -0.1) is 0 Å². The van der Waals surface area contributed by atoms with Crippen LogP contribution in [0.25, 0.3) is 0 Å². The molecule has 0 aromatic rings. The Morgan fingerprint density at radius 3 is 2.47 bits per heavy atom. The van der Waals surface area contributed by atoms with E-state index < -0.39 is 0 Å². The van der Waals surface area contributed by atoms with Crippen molar-refractivity contribution in [2.45, 2.75) is 70.4 Å². The van der Waals surface area contributed by atoms with Crippen LogP contribution in [0.3, 0.4) is 0 Å². The molecule has 17 heavy (non-hydrogen) atoms. The molecule has 0 spiro atoms. The highest BCUT2D eigenvalue weighted by atomic mass is 16.2. The summed E-state index contributed by atoms with van der Waals surface area (Å²) in [5.74, 6) is 0.354. The van der Waals surface area contributed by atoms with Crippen LogP contribution in [0.4, 0.5) is 0 Å². The lowest BCUT2D eigenvalue weighted by Gasteiger charge is -2.42. The predicted octanol–water partition coefficient (Wildman–Crippen LogP) is 2.31. The van der Waals surface area contributed by atoms with Gasteiger partial charge in [0.1, 0.15) is 0 Å². The Kier molecular flexibility index (Phi) is 4.08. The maximum absolute atomic E-state index is 12.3. The molecular formula is C14H26N2O. The van der Waals surface area contributed by atoms with Crippen molar-refractivity contribution < 1.29 is 4.79 Å². The third kappa shape index (κ3) is 3.01. The van der Waals surface area contributed by atoms with Crippen LogP contribution in [-0.2, 0) is 4.79 Å². The van der Waals surface area contributed by atoms with Gasteiger partial charge >= 0.3 is 0 Å². The summed E-state index contributed by atoms with van der Waals surface area (Å²) in [6, 6.07) is 0.486. The minimum absolute atomic E-state index is 0.0252. The fraction of sp³-hybridized carbons (Fsp3) is 0.929. The smallest absolute Gasteiger partial charge is 0.224 e. The van der Waals surface area contributed by atoms with Gasteiger partial charge in [0.25, 0.3) is 0 Å². The fourth-order valence-corrected chi connectivity index (χ4v) is 3.35. The van der Waals surface area contributed by atoms with Crippen molar-refractivity contribution in [2.24, 2.45) is 0 Å². The molecule has 0 atom stereocenters. The lowest BCUT2D eigenvalue weighted by molar-refractivity contribution is -0.138. The predicted molar refractivity (Wildman–Crippen MR) is 69.9 cm³/mol. The maximum atomic E-state index is 12.3. The van der Waals surface area contributed by atoms with Crippen LogP contribution >= 0.6 is 0 Å². The highest BCUT2D eigenvalue weighted by Gasteiger charge is 2.37. The molecule has 1 aliphatic carbocycles. The Balaban J connectivity index is 2.15. The third-order valence-electron chi connectivity index (χ3n) is 4.18. The minimum atomic E-state index is -0.0252. The summed E-state index contributed by atoms with van der Waals surface area (Å²) in [5, 5.41) is 3.39. The van der Waals surface area contributed by atoms with E-state index in [1.807, 2.05) is 0 Å². The average molecular weight is 238 g/mol. The largest absolute Gasteiger partial charge is 0.333 e. The molecule has 3 nitrogen and oxygen atoms in total. The first kappa shape index (κ1) is 12.9. The van der Waals surface area contributed by atoms with Gasteiger partial charge in [0.2, 0.25) is 5.91 Å². The molecule has 0 unspecified atom stereocenters. The summed E-state index contributed by atoms with van der Waals surface area (Å²) < 4.78 is 0. The summed E-state index contributed by atoms with van der Waals surface area (Å²) in [5.41, 5.74) is -0.0252. The van der Waals surface area contributed by atoms with E-state index in [0.29, 0.717) is 18.4 Å². The molecule has 0 aromatic carbocycles. The number of carbonyl (C=O) groups is 1. The highest BCUT2D eigenvalue weighted by Crippen LogP contribution is 2.29. The molecular weight excluding hydrogens is 212 g/mol. The monoisotopic (exact) mass is 238 g/mol. The van der Waals surface area contributed by atoms with Gasteiger partial charge in [0.05, 0.1) is 0 Å². The first-order chi connectivity index (χ1) is 8.11. The Hall–Kier alpha value is -0.570. The van der Waals surface area contributed by atoms with Crippen molar-refractivity contribution in [3.8, 4) is 0 Å². The van der Waals surface area contributed by atoms with E-state index in [-0.39, 0.29) is 5.54 Å². The molecule has 2 rings (SSSR count). The van der Waals surface area contributed by atoms with Gasteiger partial charge in [0.15, 0.2) is 0 Å². The summed E-state index contributed by atoms with van der Waals surface area (Å²) >= 11 is 0. The molecule has 1 aliphatic heterocycles. The molecule has 0 radical (unpaired) electrons. The molecule has 0 bridgehead atoms. The Morgan fingerprint density at radius 2 is 1.82 bits per heavy atom. The van der Waals surface area contributed by atoms with Gasteiger partial charge in [-0.25, -0.2) is 0 Å². The molecule has 2 fully saturated rings. The zero-order valence-corrected chi connectivity index (χ0v) is 11.3. The summed E-state index contributed by atoms with van der Waals surface area (Å²) in [4.78, 5) is 14.5. The second-order valence-electron chi connectivity index (χ2n) is 6.15. The van der Waals surface area contributed by atoms with Crippen LogP contribution in [0, 0.1) is 0 Å². The first-order valence-electron chi connectivity index (χ1n) is 7.14. The van der Waals surface area contributed by atoms with Crippen molar-refractivity contribution >= 4 is 5.91 Å². The molecule has 1 saturated carbocycles. The van der Waals surface area contributed by atoms with E-state index in [1.54, 1.807) is 0 Å². The van der Waals surface area contributed by atoms with Crippen molar-refractivity contribution in [2.75, 3.05) is 13.1 Å². The van der Waals surface area contributed by atoms with Crippen LogP contribution in [0.1, 0.15) is 58.8 Å². The molecule has 1 heterocycles. The van der Waals surface area contributed by atoms with Crippen LogP contribution < -0.4 is 5.32 Å². The summed E-state index contributed by atoms with van der Waals surface area (Å²) in [6.45, 7) is 6.17. The minimum Gasteiger partial charge on any atom is -0.333 e. The molecule has 1 amide bonds. The zero-order chi connectivity index (χ0) is 12.3. The van der Waals surface area contributed by atoms with Gasteiger partial charge < -0.3 is 10.2 Å². The normalized spacial score (nSPS) is 27.6. The lowest BCUT2D eigenvalue weighted by atomic mass is 9.96. The van der Waals surface area contributed by atoms with Gasteiger partial charge in [0, 0.05) is 31.1 Å². The van der Waals surface area contributed by atoms with E-state index in [9.17, 15) is 4.79 Å². The maximum Gasteiger partial charge on any atom is 0.224 e. The van der Waals surface area contributed by atoms with E-state index in [4.69, 9.17) is 0 Å². The number of nitrogens with zero attached hydrogens (tertiary/aromatic N) is 1. The van der Waals surface area contributed by atoms with Gasteiger partial charge in [-0.05, 0) is 26.7 Å². The van der Waals surface area contributed by atoms with E-state index in [0.717, 1.165) is 13.1 Å². The number of hydrogen-bond donors (Lipinski definition) is 1. The van der Waals surface area contributed by atoms with Gasteiger partial charge in [-0.3, -0.25) is 4.79 Å². The Labute approximate surface area is 105 Å². The average Bonchev–Trinajstić information content (AvgIpc) is 2.58. The molecule has 1 saturated heterocycles. The second-order valence-corrected chi connectivity index (χ2v) is 6.15. The highest BCUT2D eigenvalue weighted by molar-refractivity contribution is 5.78. The van der Waals surface area contributed by atoms with E-state index in [2.05, 4.69) is 24.1 Å². The summed E-state index contributed by atoms with van der Waals surface area (Å²) in [6.07, 6.45) is 8.34. The standard InChI is InChI=1S/C14H26N2O/c1-14(2)11-15-10-9-13(17)16(14)12-7-5-3-4-6-8-12/h12,15H,3-11H2,1-2H3. The quantitative estimate of drug-likeness (QED) is 0.711. The molecule has 3 heteroatoms. The number of rotatable bonds is 1. The summed E-state index contributed by atoms with van der Waals surface area (Å²) in [7, 11) is 0. The van der Waals surface area contributed by atoms with Crippen LogP contribution in [0.5, 0.6) is 0 Å². The second kappa shape index (κ2) is 5.38. The van der Waals surface area contributed by atoms with E-state index >= 15 is 0 Å². The fourth-order valence-electron chi connectivity index (χ4n) is 3.35. The molecule has 1 N–H and O–H groups in total. The number of amides is 1. The van der Waals surface area contributed by atoms with Crippen molar-refractivity contribution in [3.05, 3.63) is 0 Å². The van der Waals surface area contributed by atoms with Crippen molar-refractivity contribution in [1.29, 1.82) is 0 Å². The van der Waals surface area contributed by atoms with Gasteiger partial charge in [-0.1, -0.05) is 25.7 Å². The van der Waals surface area contributed by atoms with Crippen LogP contribution in [0.2, 0.25) is 0 Å². The third-order valence-corrected chi connectivity index (χ3v) is 4.18. The number of hydrogen-bond acceptors (Lipinski definition) is 2. The van der Waals surface area contributed by atoms with Gasteiger partial charge in [-0.2, -0.15) is 0 Å². The number of nitrogens with one attached hydrogen (secondary N) is 1. The van der Waals surface area contributed by atoms with Crippen LogP contribution in [-0.4, -0.2) is 35.5 Å². The Bertz CT molecular complexity index is 267. The van der Waals surface area contributed by atoms with Crippen molar-refractivity contribution in [1.82, 2.24) is 10.2 Å². The first-order valence-corrected chi connectivity index (χ1v) is 7.14. The molecule has 0 aromatic heterocycles. The lowest BCUT2D eigenvalue weighted by Crippen LogP contribution is -2.55. The van der Waals surface area contributed by atoms with E-state index in [1.165, 1.54) is 38.5 Å². The van der Waals surface area contributed by atoms with Crippen molar-refractivity contribution in [3.63, 3.8) is 0 Å². The Morgan fingerprint density at radius 1 is 1.18 bits per heavy atom. The zero-order valence-electron chi connectivity index (χ0n) is 11.3. The van der Waals surface area contributed by atoms with Crippen LogP contribution in [0.15, 0.2) is 0 Å². The molecule has 98 valence electrons.